The molecule has 3 aromatic rings. The Balaban J connectivity index is 1.56. The van der Waals surface area contributed by atoms with Gasteiger partial charge >= 0.3 is 0 Å². The first-order valence-corrected chi connectivity index (χ1v) is 8.84. The van der Waals surface area contributed by atoms with E-state index in [1.807, 2.05) is 30.3 Å². The molecular formula is C20H20N4O2. The number of phenolic OH excluding ortho intramolecular Hbond substituents is 1. The summed E-state index contributed by atoms with van der Waals surface area (Å²) in [4.78, 5) is 12.5. The SMILES string of the molecule is O=C(N/N=C/c1c(O)ccc2ccccc12)c1n[nH]c2c1CCCCC2. The molecule has 1 aliphatic carbocycles. The van der Waals surface area contributed by atoms with Crippen LogP contribution < -0.4 is 5.43 Å². The Kier molecular flexibility index (Phi) is 4.39. The summed E-state index contributed by atoms with van der Waals surface area (Å²) in [6.07, 6.45) is 6.63. The minimum atomic E-state index is -0.333. The van der Waals surface area contributed by atoms with Crippen molar-refractivity contribution >= 4 is 22.9 Å². The highest BCUT2D eigenvalue weighted by molar-refractivity contribution is 6.03. The van der Waals surface area contributed by atoms with Gasteiger partial charge in [-0.05, 0) is 42.5 Å². The van der Waals surface area contributed by atoms with Gasteiger partial charge < -0.3 is 5.11 Å². The third-order valence-corrected chi connectivity index (χ3v) is 4.83. The van der Waals surface area contributed by atoms with Gasteiger partial charge in [-0.15, -0.1) is 0 Å². The van der Waals surface area contributed by atoms with E-state index in [0.717, 1.165) is 47.7 Å². The standard InChI is InChI=1S/C20H20N4O2/c25-18-11-10-13-6-4-5-7-14(13)16(18)12-21-24-20(26)19-15-8-2-1-3-9-17(15)22-23-19/h4-7,10-12,25H,1-3,8-9H2,(H,22,23)(H,24,26)/b21-12+. The van der Waals surface area contributed by atoms with Gasteiger partial charge in [0.25, 0.3) is 5.91 Å². The third kappa shape index (κ3) is 3.06. The predicted molar refractivity (Wildman–Crippen MR) is 101 cm³/mol. The van der Waals surface area contributed by atoms with Crippen LogP contribution in [0.4, 0.5) is 0 Å². The molecule has 0 saturated heterocycles. The molecule has 1 heterocycles. The lowest BCUT2D eigenvalue weighted by Crippen LogP contribution is -2.19. The summed E-state index contributed by atoms with van der Waals surface area (Å²) in [5.74, 6) is -0.212. The van der Waals surface area contributed by atoms with Crippen molar-refractivity contribution < 1.29 is 9.90 Å². The molecule has 0 bridgehead atoms. The van der Waals surface area contributed by atoms with Crippen LogP contribution in [0.15, 0.2) is 41.5 Å². The number of rotatable bonds is 3. The van der Waals surface area contributed by atoms with Crippen LogP contribution in [0, 0.1) is 0 Å². The fraction of sp³-hybridized carbons (Fsp3) is 0.250. The Labute approximate surface area is 150 Å². The van der Waals surface area contributed by atoms with Crippen LogP contribution >= 0.6 is 0 Å². The Morgan fingerprint density at radius 3 is 2.92 bits per heavy atom. The van der Waals surface area contributed by atoms with Crippen molar-refractivity contribution in [1.82, 2.24) is 15.6 Å². The maximum absolute atomic E-state index is 12.5. The number of hydrazone groups is 1. The first-order chi connectivity index (χ1) is 12.7. The number of benzene rings is 2. The molecule has 132 valence electrons. The fourth-order valence-electron chi connectivity index (χ4n) is 3.47. The first kappa shape index (κ1) is 16.3. The molecule has 0 saturated carbocycles. The molecule has 0 radical (unpaired) electrons. The molecule has 0 spiro atoms. The Bertz CT molecular complexity index is 991. The zero-order valence-corrected chi connectivity index (χ0v) is 14.3. The number of hydrogen-bond acceptors (Lipinski definition) is 4. The summed E-state index contributed by atoms with van der Waals surface area (Å²) >= 11 is 0. The molecule has 6 nitrogen and oxygen atoms in total. The van der Waals surface area contributed by atoms with Crippen molar-refractivity contribution in [1.29, 1.82) is 0 Å². The van der Waals surface area contributed by atoms with Crippen molar-refractivity contribution in [2.75, 3.05) is 0 Å². The number of fused-ring (bicyclic) bond motifs is 2. The largest absolute Gasteiger partial charge is 0.507 e. The van der Waals surface area contributed by atoms with Crippen LogP contribution in [0.25, 0.3) is 10.8 Å². The lowest BCUT2D eigenvalue weighted by molar-refractivity contribution is 0.0949. The number of nitrogens with one attached hydrogen (secondary N) is 2. The van der Waals surface area contributed by atoms with Crippen LogP contribution in [-0.4, -0.2) is 27.4 Å². The van der Waals surface area contributed by atoms with Crippen molar-refractivity contribution in [2.45, 2.75) is 32.1 Å². The quantitative estimate of drug-likeness (QED) is 0.385. The molecule has 0 fully saturated rings. The summed E-state index contributed by atoms with van der Waals surface area (Å²) in [7, 11) is 0. The van der Waals surface area contributed by atoms with Gasteiger partial charge in [-0.2, -0.15) is 10.2 Å². The van der Waals surface area contributed by atoms with Gasteiger partial charge in [-0.1, -0.05) is 36.8 Å². The van der Waals surface area contributed by atoms with Crippen molar-refractivity contribution in [3.8, 4) is 5.75 Å². The monoisotopic (exact) mass is 348 g/mol. The van der Waals surface area contributed by atoms with Gasteiger partial charge in [-0.25, -0.2) is 5.43 Å². The highest BCUT2D eigenvalue weighted by Gasteiger charge is 2.20. The van der Waals surface area contributed by atoms with E-state index in [1.54, 1.807) is 6.07 Å². The molecule has 4 rings (SSSR count). The minimum absolute atomic E-state index is 0.121. The Morgan fingerprint density at radius 1 is 1.15 bits per heavy atom. The van der Waals surface area contributed by atoms with E-state index in [2.05, 4.69) is 20.7 Å². The molecule has 0 aliphatic heterocycles. The van der Waals surface area contributed by atoms with Crippen LogP contribution in [-0.2, 0) is 12.8 Å². The normalized spacial score (nSPS) is 14.3. The van der Waals surface area contributed by atoms with Crippen molar-refractivity contribution in [3.05, 3.63) is 58.9 Å². The molecule has 6 heteroatoms. The first-order valence-electron chi connectivity index (χ1n) is 8.84. The fourth-order valence-corrected chi connectivity index (χ4v) is 3.47. The highest BCUT2D eigenvalue weighted by Crippen LogP contribution is 2.25. The zero-order valence-electron chi connectivity index (χ0n) is 14.3. The second kappa shape index (κ2) is 7.00. The van der Waals surface area contributed by atoms with E-state index in [9.17, 15) is 9.90 Å². The molecule has 1 aromatic heterocycles. The number of carbonyl (C=O) groups is 1. The van der Waals surface area contributed by atoms with E-state index in [0.29, 0.717) is 11.3 Å². The summed E-state index contributed by atoms with van der Waals surface area (Å²) in [5.41, 5.74) is 5.59. The highest BCUT2D eigenvalue weighted by atomic mass is 16.3. The average molecular weight is 348 g/mol. The van der Waals surface area contributed by atoms with Gasteiger partial charge in [0.15, 0.2) is 5.69 Å². The molecule has 0 unspecified atom stereocenters. The van der Waals surface area contributed by atoms with Gasteiger partial charge in [0.2, 0.25) is 0 Å². The maximum Gasteiger partial charge on any atom is 0.292 e. The lowest BCUT2D eigenvalue weighted by Gasteiger charge is -2.05. The Morgan fingerprint density at radius 2 is 2.00 bits per heavy atom. The van der Waals surface area contributed by atoms with Crippen LogP contribution in [0.2, 0.25) is 0 Å². The molecule has 2 aromatic carbocycles. The molecule has 1 amide bonds. The second-order valence-electron chi connectivity index (χ2n) is 6.51. The van der Waals surface area contributed by atoms with E-state index >= 15 is 0 Å². The van der Waals surface area contributed by atoms with E-state index in [-0.39, 0.29) is 11.7 Å². The van der Waals surface area contributed by atoms with Gasteiger partial charge in [0.1, 0.15) is 5.75 Å². The maximum atomic E-state index is 12.5. The molecule has 3 N–H and O–H groups in total. The summed E-state index contributed by atoms with van der Waals surface area (Å²) < 4.78 is 0. The van der Waals surface area contributed by atoms with E-state index in [1.165, 1.54) is 12.6 Å². The van der Waals surface area contributed by atoms with Crippen molar-refractivity contribution in [2.24, 2.45) is 5.10 Å². The van der Waals surface area contributed by atoms with Gasteiger partial charge in [0, 0.05) is 16.8 Å². The number of aromatic hydroxyl groups is 1. The number of nitrogens with zero attached hydrogens (tertiary/aromatic N) is 2. The summed E-state index contributed by atoms with van der Waals surface area (Å²) in [6, 6.07) is 11.2. The number of aromatic amines is 1. The zero-order chi connectivity index (χ0) is 17.9. The molecule has 1 aliphatic rings. The molecule has 26 heavy (non-hydrogen) atoms. The van der Waals surface area contributed by atoms with Crippen LogP contribution in [0.1, 0.15) is 46.6 Å². The van der Waals surface area contributed by atoms with E-state index in [4.69, 9.17) is 0 Å². The van der Waals surface area contributed by atoms with Crippen molar-refractivity contribution in [3.63, 3.8) is 0 Å². The number of aromatic nitrogens is 2. The number of phenols is 1. The molecular weight excluding hydrogens is 328 g/mol. The third-order valence-electron chi connectivity index (χ3n) is 4.83. The minimum Gasteiger partial charge on any atom is -0.507 e. The summed E-state index contributed by atoms with van der Waals surface area (Å²) in [6.45, 7) is 0. The predicted octanol–water partition coefficient (Wildman–Crippen LogP) is 3.30. The average Bonchev–Trinajstić information content (AvgIpc) is 2.92. The number of H-pyrrole nitrogens is 1. The number of amides is 1. The molecule has 0 atom stereocenters. The number of carbonyl (C=O) groups excluding carboxylic acids is 1. The topological polar surface area (TPSA) is 90.4 Å². The van der Waals surface area contributed by atoms with Crippen LogP contribution in [0.5, 0.6) is 5.75 Å². The Hall–Kier alpha value is -3.15. The number of hydrogen-bond donors (Lipinski definition) is 3. The van der Waals surface area contributed by atoms with Crippen LogP contribution in [0.3, 0.4) is 0 Å². The number of aryl methyl sites for hydroxylation is 1. The summed E-state index contributed by atoms with van der Waals surface area (Å²) in [5, 5.41) is 23.2. The second-order valence-corrected chi connectivity index (χ2v) is 6.51. The van der Waals surface area contributed by atoms with Gasteiger partial charge in [0.05, 0.1) is 6.21 Å². The smallest absolute Gasteiger partial charge is 0.292 e. The van der Waals surface area contributed by atoms with E-state index < -0.39 is 0 Å². The van der Waals surface area contributed by atoms with Gasteiger partial charge in [-0.3, -0.25) is 9.89 Å². The lowest BCUT2D eigenvalue weighted by atomic mass is 10.0.